The molecule has 0 N–H and O–H groups in total. The summed E-state index contributed by atoms with van der Waals surface area (Å²) >= 11 is 3.42. The van der Waals surface area contributed by atoms with Gasteiger partial charge in [-0.1, -0.05) is 46.3 Å². The first-order valence-corrected chi connectivity index (χ1v) is 8.43. The fourth-order valence-electron chi connectivity index (χ4n) is 3.23. The minimum absolute atomic E-state index is 0.00174. The van der Waals surface area contributed by atoms with Gasteiger partial charge in [-0.2, -0.15) is 0 Å². The average molecular weight is 393 g/mol. The molecule has 0 radical (unpaired) electrons. The van der Waals surface area contributed by atoms with Gasteiger partial charge in [0.05, 0.1) is 14.2 Å². The molecule has 0 saturated heterocycles. The van der Waals surface area contributed by atoms with Gasteiger partial charge in [-0.15, -0.1) is 0 Å². The molecule has 0 amide bonds. The highest BCUT2D eigenvalue weighted by Gasteiger charge is 2.52. The van der Waals surface area contributed by atoms with Crippen LogP contribution in [-0.4, -0.2) is 26.2 Å². The third-order valence-electron chi connectivity index (χ3n) is 4.40. The van der Waals surface area contributed by atoms with E-state index in [-0.39, 0.29) is 5.92 Å². The highest BCUT2D eigenvalue weighted by molar-refractivity contribution is 9.10. The van der Waals surface area contributed by atoms with Crippen LogP contribution in [0.15, 0.2) is 52.5 Å². The molecule has 24 heavy (non-hydrogen) atoms. The first-order chi connectivity index (χ1) is 11.3. The molecule has 0 saturated carbocycles. The molecule has 0 aliphatic heterocycles. The molecule has 128 valence electrons. The summed E-state index contributed by atoms with van der Waals surface area (Å²) in [6.45, 7) is 5.88. The van der Waals surface area contributed by atoms with E-state index in [4.69, 9.17) is 9.47 Å². The van der Waals surface area contributed by atoms with Crippen LogP contribution < -0.4 is 0 Å². The van der Waals surface area contributed by atoms with E-state index in [9.17, 15) is 9.59 Å². The molecule has 0 bridgehead atoms. The number of methoxy groups -OCH3 is 2. The number of benzene rings is 1. The maximum absolute atomic E-state index is 12.3. The van der Waals surface area contributed by atoms with E-state index in [1.165, 1.54) is 14.2 Å². The van der Waals surface area contributed by atoms with Crippen molar-refractivity contribution in [3.05, 3.63) is 58.1 Å². The second-order valence-corrected chi connectivity index (χ2v) is 6.98. The van der Waals surface area contributed by atoms with Gasteiger partial charge < -0.3 is 9.47 Å². The average Bonchev–Trinajstić information content (AvgIpc) is 2.96. The number of carbonyl (C=O) groups is 2. The predicted octanol–water partition coefficient (Wildman–Crippen LogP) is 3.85. The largest absolute Gasteiger partial charge is 0.468 e. The molecule has 1 aromatic carbocycles. The lowest BCUT2D eigenvalue weighted by Gasteiger charge is -2.23. The topological polar surface area (TPSA) is 52.6 Å². The zero-order valence-electron chi connectivity index (χ0n) is 14.1. The van der Waals surface area contributed by atoms with Crippen molar-refractivity contribution < 1.29 is 19.1 Å². The summed E-state index contributed by atoms with van der Waals surface area (Å²) in [6, 6.07) is 8.00. The summed E-state index contributed by atoms with van der Waals surface area (Å²) in [5.74, 6) is -1.18. The van der Waals surface area contributed by atoms with Crippen molar-refractivity contribution in [2.45, 2.75) is 19.8 Å². The minimum Gasteiger partial charge on any atom is -0.468 e. The van der Waals surface area contributed by atoms with Crippen LogP contribution in [0.1, 0.15) is 18.9 Å². The molecular formula is C19H21BrO4. The standard InChI is InChI=1S/C19H21BrO4/c1-12(2)16-11-19(17(21)23-3,18(22)24-4)10-14(16)9-13-5-7-15(20)8-6-13/h5-8,11,14H,1,9-10H2,2-4H3. The maximum atomic E-state index is 12.3. The van der Waals surface area contributed by atoms with E-state index in [0.29, 0.717) is 12.8 Å². The van der Waals surface area contributed by atoms with Crippen molar-refractivity contribution in [2.24, 2.45) is 11.3 Å². The molecule has 0 heterocycles. The van der Waals surface area contributed by atoms with Crippen LogP contribution in [0.2, 0.25) is 0 Å². The summed E-state index contributed by atoms with van der Waals surface area (Å²) in [7, 11) is 2.56. The van der Waals surface area contributed by atoms with Crippen LogP contribution in [0, 0.1) is 11.3 Å². The Hall–Kier alpha value is -1.88. The second kappa shape index (κ2) is 7.34. The summed E-state index contributed by atoms with van der Waals surface area (Å²) in [4.78, 5) is 24.7. The highest BCUT2D eigenvalue weighted by Crippen LogP contribution is 2.45. The van der Waals surface area contributed by atoms with Crippen molar-refractivity contribution in [2.75, 3.05) is 14.2 Å². The van der Waals surface area contributed by atoms with Gasteiger partial charge >= 0.3 is 11.9 Å². The number of hydrogen-bond donors (Lipinski definition) is 0. The van der Waals surface area contributed by atoms with E-state index in [0.717, 1.165) is 21.2 Å². The fourth-order valence-corrected chi connectivity index (χ4v) is 3.50. The van der Waals surface area contributed by atoms with Gasteiger partial charge in [0, 0.05) is 4.47 Å². The minimum atomic E-state index is -1.39. The van der Waals surface area contributed by atoms with Gasteiger partial charge in [0.2, 0.25) is 0 Å². The number of carbonyl (C=O) groups excluding carboxylic acids is 2. The Morgan fingerprint density at radius 1 is 1.21 bits per heavy atom. The Kier molecular flexibility index (Phi) is 5.65. The van der Waals surface area contributed by atoms with Crippen LogP contribution in [-0.2, 0) is 25.5 Å². The monoisotopic (exact) mass is 392 g/mol. The Balaban J connectivity index is 2.38. The lowest BCUT2D eigenvalue weighted by Crippen LogP contribution is -2.38. The van der Waals surface area contributed by atoms with Crippen molar-refractivity contribution in [1.82, 2.24) is 0 Å². The normalized spacial score (nSPS) is 18.7. The summed E-state index contributed by atoms with van der Waals surface area (Å²) in [5.41, 5.74) is 1.49. The molecular weight excluding hydrogens is 372 g/mol. The maximum Gasteiger partial charge on any atom is 0.327 e. The fraction of sp³-hybridized carbons (Fsp3) is 0.368. The first kappa shape index (κ1) is 18.5. The van der Waals surface area contributed by atoms with Crippen molar-refractivity contribution >= 4 is 27.9 Å². The molecule has 0 aromatic heterocycles. The third-order valence-corrected chi connectivity index (χ3v) is 4.93. The SMILES string of the molecule is C=C(C)C1=CC(C(=O)OC)(C(=O)OC)CC1Cc1ccc(Br)cc1. The van der Waals surface area contributed by atoms with E-state index < -0.39 is 17.4 Å². The van der Waals surface area contributed by atoms with Crippen LogP contribution in [0.3, 0.4) is 0 Å². The van der Waals surface area contributed by atoms with E-state index >= 15 is 0 Å². The van der Waals surface area contributed by atoms with Gasteiger partial charge in [0.1, 0.15) is 0 Å². The Labute approximate surface area is 150 Å². The number of rotatable bonds is 5. The highest BCUT2D eigenvalue weighted by atomic mass is 79.9. The third kappa shape index (κ3) is 3.46. The van der Waals surface area contributed by atoms with Crippen molar-refractivity contribution in [1.29, 1.82) is 0 Å². The summed E-state index contributed by atoms with van der Waals surface area (Å²) in [6.07, 6.45) is 2.71. The molecule has 0 fully saturated rings. The predicted molar refractivity (Wildman–Crippen MR) is 95.3 cm³/mol. The second-order valence-electron chi connectivity index (χ2n) is 6.07. The lowest BCUT2D eigenvalue weighted by molar-refractivity contribution is -0.165. The molecule has 4 nitrogen and oxygen atoms in total. The van der Waals surface area contributed by atoms with Crippen molar-refractivity contribution in [3.8, 4) is 0 Å². The molecule has 5 heteroatoms. The van der Waals surface area contributed by atoms with Crippen LogP contribution in [0.25, 0.3) is 0 Å². The number of hydrogen-bond acceptors (Lipinski definition) is 4. The van der Waals surface area contributed by atoms with Crippen LogP contribution >= 0.6 is 15.9 Å². The number of allylic oxidation sites excluding steroid dienone is 2. The number of esters is 2. The smallest absolute Gasteiger partial charge is 0.327 e. The summed E-state index contributed by atoms with van der Waals surface area (Å²) < 4.78 is 10.8. The number of ether oxygens (including phenoxy) is 2. The quantitative estimate of drug-likeness (QED) is 0.564. The zero-order chi connectivity index (χ0) is 17.9. The Morgan fingerprint density at radius 2 is 1.75 bits per heavy atom. The van der Waals surface area contributed by atoms with Gasteiger partial charge in [0.25, 0.3) is 0 Å². The molecule has 1 unspecified atom stereocenters. The Morgan fingerprint density at radius 3 is 2.21 bits per heavy atom. The molecule has 1 aromatic rings. The first-order valence-electron chi connectivity index (χ1n) is 7.64. The summed E-state index contributed by atoms with van der Waals surface area (Å²) in [5, 5.41) is 0. The molecule has 1 atom stereocenters. The van der Waals surface area contributed by atoms with Gasteiger partial charge in [0.15, 0.2) is 5.41 Å². The molecule has 1 aliphatic carbocycles. The molecule has 0 spiro atoms. The van der Waals surface area contributed by atoms with E-state index in [1.807, 2.05) is 31.2 Å². The van der Waals surface area contributed by atoms with Crippen LogP contribution in [0.4, 0.5) is 0 Å². The molecule has 2 rings (SSSR count). The zero-order valence-corrected chi connectivity index (χ0v) is 15.7. The van der Waals surface area contributed by atoms with Gasteiger partial charge in [-0.05, 0) is 49.0 Å². The Bertz CT molecular complexity index is 672. The van der Waals surface area contributed by atoms with Crippen molar-refractivity contribution in [3.63, 3.8) is 0 Å². The van der Waals surface area contributed by atoms with E-state index in [1.54, 1.807) is 6.08 Å². The van der Waals surface area contributed by atoms with Crippen LogP contribution in [0.5, 0.6) is 0 Å². The van der Waals surface area contributed by atoms with Gasteiger partial charge in [-0.3, -0.25) is 9.59 Å². The molecule has 1 aliphatic rings. The number of halogens is 1. The van der Waals surface area contributed by atoms with E-state index in [2.05, 4.69) is 22.5 Å². The lowest BCUT2D eigenvalue weighted by atomic mass is 9.83. The van der Waals surface area contributed by atoms with Gasteiger partial charge in [-0.25, -0.2) is 0 Å².